The second kappa shape index (κ2) is 4.63. The van der Waals surface area contributed by atoms with Crippen LogP contribution in [-0.4, -0.2) is 21.7 Å². The van der Waals surface area contributed by atoms with Gasteiger partial charge in [-0.15, -0.1) is 0 Å². The summed E-state index contributed by atoms with van der Waals surface area (Å²) in [6, 6.07) is 2.04. The molecule has 0 saturated carbocycles. The quantitative estimate of drug-likeness (QED) is 0.472. The van der Waals surface area contributed by atoms with Crippen molar-refractivity contribution < 1.29 is 9.90 Å². The average Bonchev–Trinajstić information content (AvgIpc) is 2.66. The van der Waals surface area contributed by atoms with Gasteiger partial charge in [0.1, 0.15) is 0 Å². The number of nitrogens with zero attached hydrogens (tertiary/aromatic N) is 1. The summed E-state index contributed by atoms with van der Waals surface area (Å²) in [5, 5.41) is 13.7. The van der Waals surface area contributed by atoms with Crippen molar-refractivity contribution in [1.29, 1.82) is 0 Å². The van der Waals surface area contributed by atoms with Crippen LogP contribution in [0.4, 0.5) is 4.79 Å². The minimum atomic E-state index is -1.09. The number of hydrogen-bond acceptors (Lipinski definition) is 3. The Hall–Kier alpha value is -1.07. The summed E-state index contributed by atoms with van der Waals surface area (Å²) in [4.78, 5) is 10.7. The maximum Gasteiger partial charge on any atom is 0.422 e. The standard InChI is InChI=1S/C10H16N2O2S/c1-10(2,12(11)9(13)14)5-3-8-4-6-15-7-8/h4,6-7H,3,5,11H2,1-2H3,(H,13,14). The van der Waals surface area contributed by atoms with Gasteiger partial charge in [-0.1, -0.05) is 0 Å². The van der Waals surface area contributed by atoms with Crippen LogP contribution < -0.4 is 5.84 Å². The lowest BCUT2D eigenvalue weighted by atomic mass is 9.96. The Balaban J connectivity index is 2.53. The highest BCUT2D eigenvalue weighted by molar-refractivity contribution is 7.07. The van der Waals surface area contributed by atoms with Crippen LogP contribution in [-0.2, 0) is 6.42 Å². The van der Waals surface area contributed by atoms with Crippen molar-refractivity contribution in [2.45, 2.75) is 32.2 Å². The van der Waals surface area contributed by atoms with Gasteiger partial charge < -0.3 is 5.11 Å². The number of amides is 1. The third kappa shape index (κ3) is 3.21. The molecule has 1 aromatic rings. The molecule has 0 fully saturated rings. The highest BCUT2D eigenvalue weighted by atomic mass is 32.1. The number of nitrogens with two attached hydrogens (primary N) is 1. The Labute approximate surface area is 93.3 Å². The van der Waals surface area contributed by atoms with Gasteiger partial charge in [0, 0.05) is 0 Å². The SMILES string of the molecule is CC(C)(CCc1ccsc1)N(N)C(=O)O. The van der Waals surface area contributed by atoms with Crippen molar-refractivity contribution in [3.8, 4) is 0 Å². The number of carbonyl (C=O) groups is 1. The second-order valence-corrected chi connectivity index (χ2v) is 4.88. The highest BCUT2D eigenvalue weighted by Gasteiger charge is 2.27. The van der Waals surface area contributed by atoms with Gasteiger partial charge in [0.2, 0.25) is 0 Å². The van der Waals surface area contributed by atoms with E-state index >= 15 is 0 Å². The summed E-state index contributed by atoms with van der Waals surface area (Å²) in [5.41, 5.74) is 0.695. The monoisotopic (exact) mass is 228 g/mol. The second-order valence-electron chi connectivity index (χ2n) is 4.10. The van der Waals surface area contributed by atoms with Crippen molar-refractivity contribution in [2.75, 3.05) is 0 Å². The molecule has 0 saturated heterocycles. The Morgan fingerprint density at radius 2 is 2.33 bits per heavy atom. The molecule has 0 spiro atoms. The topological polar surface area (TPSA) is 66.6 Å². The van der Waals surface area contributed by atoms with Crippen LogP contribution in [0.1, 0.15) is 25.8 Å². The summed E-state index contributed by atoms with van der Waals surface area (Å²) < 4.78 is 0. The van der Waals surface area contributed by atoms with Crippen LogP contribution in [0.25, 0.3) is 0 Å². The zero-order valence-electron chi connectivity index (χ0n) is 8.93. The molecule has 0 radical (unpaired) electrons. The Morgan fingerprint density at radius 3 is 2.80 bits per heavy atom. The maximum atomic E-state index is 10.7. The smallest absolute Gasteiger partial charge is 0.422 e. The molecule has 1 amide bonds. The molecular weight excluding hydrogens is 212 g/mol. The van der Waals surface area contributed by atoms with Crippen LogP contribution in [0, 0.1) is 0 Å². The molecule has 1 aromatic heterocycles. The zero-order chi connectivity index (χ0) is 11.5. The van der Waals surface area contributed by atoms with Crippen LogP contribution in [0.15, 0.2) is 16.8 Å². The van der Waals surface area contributed by atoms with Crippen molar-refractivity contribution >= 4 is 17.4 Å². The Kier molecular flexibility index (Phi) is 3.71. The summed E-state index contributed by atoms with van der Waals surface area (Å²) in [6.45, 7) is 3.65. The van der Waals surface area contributed by atoms with Gasteiger partial charge in [-0.25, -0.2) is 15.6 Å². The maximum absolute atomic E-state index is 10.7. The minimum Gasteiger partial charge on any atom is -0.464 e. The molecule has 0 aliphatic rings. The first-order valence-corrected chi connectivity index (χ1v) is 5.67. The van der Waals surface area contributed by atoms with Crippen LogP contribution in [0.5, 0.6) is 0 Å². The summed E-state index contributed by atoms with van der Waals surface area (Å²) in [7, 11) is 0. The molecule has 0 aromatic carbocycles. The highest BCUT2D eigenvalue weighted by Crippen LogP contribution is 2.19. The summed E-state index contributed by atoms with van der Waals surface area (Å²) in [5.74, 6) is 5.47. The fourth-order valence-electron chi connectivity index (χ4n) is 1.26. The van der Waals surface area contributed by atoms with Gasteiger partial charge in [-0.2, -0.15) is 11.3 Å². The number of rotatable bonds is 4. The molecule has 0 aliphatic carbocycles. The average molecular weight is 228 g/mol. The molecule has 1 rings (SSSR count). The largest absolute Gasteiger partial charge is 0.464 e. The van der Waals surface area contributed by atoms with E-state index in [1.54, 1.807) is 11.3 Å². The van der Waals surface area contributed by atoms with E-state index in [0.717, 1.165) is 11.4 Å². The number of hydrogen-bond donors (Lipinski definition) is 2. The number of thiophene rings is 1. The summed E-state index contributed by atoms with van der Waals surface area (Å²) >= 11 is 1.64. The Morgan fingerprint density at radius 1 is 1.67 bits per heavy atom. The van der Waals surface area contributed by atoms with Crippen LogP contribution >= 0.6 is 11.3 Å². The van der Waals surface area contributed by atoms with E-state index in [9.17, 15) is 4.79 Å². The van der Waals surface area contributed by atoms with E-state index in [4.69, 9.17) is 10.9 Å². The predicted octanol–water partition coefficient (Wildman–Crippen LogP) is 2.31. The third-order valence-electron chi connectivity index (χ3n) is 2.46. The first-order valence-electron chi connectivity index (χ1n) is 4.72. The third-order valence-corrected chi connectivity index (χ3v) is 3.20. The molecule has 0 bridgehead atoms. The van der Waals surface area contributed by atoms with Gasteiger partial charge in [-0.05, 0) is 49.1 Å². The normalized spacial score (nSPS) is 11.4. The van der Waals surface area contributed by atoms with Gasteiger partial charge in [-0.3, -0.25) is 0 Å². The molecular formula is C10H16N2O2S. The van der Waals surface area contributed by atoms with E-state index in [0.29, 0.717) is 6.42 Å². The lowest BCUT2D eigenvalue weighted by Crippen LogP contribution is -2.51. The molecule has 3 N–H and O–H groups in total. The molecule has 15 heavy (non-hydrogen) atoms. The fraction of sp³-hybridized carbons (Fsp3) is 0.500. The molecule has 4 nitrogen and oxygen atoms in total. The molecule has 84 valence electrons. The lowest BCUT2D eigenvalue weighted by Gasteiger charge is -2.32. The number of aryl methyl sites for hydroxylation is 1. The van der Waals surface area contributed by atoms with Gasteiger partial charge in [0.15, 0.2) is 0 Å². The molecule has 5 heteroatoms. The zero-order valence-corrected chi connectivity index (χ0v) is 9.75. The molecule has 0 aliphatic heterocycles. The number of carboxylic acid groups (broad SMARTS) is 1. The van der Waals surface area contributed by atoms with Gasteiger partial charge in [0.25, 0.3) is 0 Å². The van der Waals surface area contributed by atoms with E-state index < -0.39 is 11.6 Å². The molecule has 0 atom stereocenters. The van der Waals surface area contributed by atoms with Crippen molar-refractivity contribution in [1.82, 2.24) is 5.01 Å². The fourth-order valence-corrected chi connectivity index (χ4v) is 1.97. The van der Waals surface area contributed by atoms with Gasteiger partial charge in [0.05, 0.1) is 5.54 Å². The predicted molar refractivity (Wildman–Crippen MR) is 60.8 cm³/mol. The van der Waals surface area contributed by atoms with Gasteiger partial charge >= 0.3 is 6.09 Å². The van der Waals surface area contributed by atoms with Crippen molar-refractivity contribution in [3.63, 3.8) is 0 Å². The first-order chi connectivity index (χ1) is 6.93. The van der Waals surface area contributed by atoms with Crippen molar-refractivity contribution in [2.24, 2.45) is 5.84 Å². The van der Waals surface area contributed by atoms with Crippen LogP contribution in [0.2, 0.25) is 0 Å². The van der Waals surface area contributed by atoms with E-state index in [-0.39, 0.29) is 0 Å². The van der Waals surface area contributed by atoms with Crippen molar-refractivity contribution in [3.05, 3.63) is 22.4 Å². The first kappa shape index (κ1) is 12.0. The van der Waals surface area contributed by atoms with E-state index in [1.807, 2.05) is 25.3 Å². The minimum absolute atomic E-state index is 0.534. The van der Waals surface area contributed by atoms with E-state index in [2.05, 4.69) is 5.38 Å². The van der Waals surface area contributed by atoms with E-state index in [1.165, 1.54) is 5.56 Å². The molecule has 1 heterocycles. The van der Waals surface area contributed by atoms with Crippen LogP contribution in [0.3, 0.4) is 0 Å². The molecule has 0 unspecified atom stereocenters. The lowest BCUT2D eigenvalue weighted by molar-refractivity contribution is 0.0881. The summed E-state index contributed by atoms with van der Waals surface area (Å²) in [6.07, 6.45) is 0.467. The number of hydrazine groups is 1. The Bertz CT molecular complexity index is 322.